The molecule has 1 aliphatic heterocycles. The summed E-state index contributed by atoms with van der Waals surface area (Å²) < 4.78 is 47.4. The van der Waals surface area contributed by atoms with Crippen molar-refractivity contribution in [3.8, 4) is 5.75 Å². The van der Waals surface area contributed by atoms with Crippen LogP contribution in [0, 0.1) is 11.8 Å². The standard InChI is InChI=1S/C30H41F3N6O3/c1-4-34-29(41)38-23-8-6-5-7-20(23)16-25-22(30(31,32)33)18-35-28(37-25)36-24-10-9-21(17-27(24)42-3)26(40)15-19-11-13-39(2)14-12-19/h9-10,17-20,23H,4-8,11-16H2,1-3H3,(H2,34,38,41)(H,35,36,37)/t20-,23+/m0/s1. The molecule has 4 rings (SSSR count). The molecule has 2 aromatic rings. The number of rotatable bonds is 10. The minimum Gasteiger partial charge on any atom is -0.495 e. The third-order valence-corrected chi connectivity index (χ3v) is 8.27. The lowest BCUT2D eigenvalue weighted by Crippen LogP contribution is -2.47. The number of Topliss-reactive ketones (excluding diaryl/α,β-unsaturated/α-hetero) is 1. The highest BCUT2D eigenvalue weighted by molar-refractivity contribution is 5.97. The molecular weight excluding hydrogens is 549 g/mol. The first-order valence-electron chi connectivity index (χ1n) is 14.7. The Balaban J connectivity index is 1.52. The number of carbonyl (C=O) groups excluding carboxylic acids is 2. The molecule has 3 N–H and O–H groups in total. The fourth-order valence-corrected chi connectivity index (χ4v) is 5.87. The topological polar surface area (TPSA) is 108 Å². The summed E-state index contributed by atoms with van der Waals surface area (Å²) in [4.78, 5) is 35.6. The third-order valence-electron chi connectivity index (χ3n) is 8.27. The second kappa shape index (κ2) is 14.2. The Morgan fingerprint density at radius 2 is 1.86 bits per heavy atom. The van der Waals surface area contributed by atoms with Crippen molar-refractivity contribution >= 4 is 23.5 Å². The van der Waals surface area contributed by atoms with E-state index in [1.165, 1.54) is 7.11 Å². The van der Waals surface area contributed by atoms with Crippen LogP contribution in [0.15, 0.2) is 24.4 Å². The van der Waals surface area contributed by atoms with Crippen LogP contribution in [0.25, 0.3) is 0 Å². The number of anilines is 2. The SMILES string of the molecule is CCNC(=O)N[C@@H]1CCCC[C@H]1Cc1nc(Nc2ccc(C(=O)CC3CCN(C)CC3)cc2OC)ncc1C(F)(F)F. The number of halogens is 3. The Kier molecular flexibility index (Phi) is 10.6. The lowest BCUT2D eigenvalue weighted by Gasteiger charge is -2.32. The zero-order chi connectivity index (χ0) is 30.3. The van der Waals surface area contributed by atoms with Crippen molar-refractivity contribution in [1.82, 2.24) is 25.5 Å². The van der Waals surface area contributed by atoms with E-state index in [4.69, 9.17) is 4.74 Å². The monoisotopic (exact) mass is 590 g/mol. The van der Waals surface area contributed by atoms with E-state index in [1.807, 2.05) is 0 Å². The summed E-state index contributed by atoms with van der Waals surface area (Å²) in [6.07, 6.45) is 1.79. The summed E-state index contributed by atoms with van der Waals surface area (Å²) in [7, 11) is 3.55. The molecule has 1 saturated carbocycles. The molecule has 0 spiro atoms. The maximum atomic E-state index is 14.0. The molecule has 9 nitrogen and oxygen atoms in total. The van der Waals surface area contributed by atoms with E-state index >= 15 is 0 Å². The average molecular weight is 591 g/mol. The molecule has 0 radical (unpaired) electrons. The lowest BCUT2D eigenvalue weighted by atomic mass is 9.81. The Labute approximate surface area is 245 Å². The van der Waals surface area contributed by atoms with Gasteiger partial charge in [-0.25, -0.2) is 14.8 Å². The minimum absolute atomic E-state index is 0.00857. The number of hydrogen-bond acceptors (Lipinski definition) is 7. The van der Waals surface area contributed by atoms with Gasteiger partial charge in [-0.2, -0.15) is 13.2 Å². The Hall–Kier alpha value is -3.41. The molecule has 2 aliphatic rings. The number of likely N-dealkylation sites (tertiary alicyclic amines) is 1. The molecule has 1 aromatic heterocycles. The number of aromatic nitrogens is 2. The summed E-state index contributed by atoms with van der Waals surface area (Å²) in [5, 5.41) is 8.60. The van der Waals surface area contributed by atoms with Crippen molar-refractivity contribution in [3.63, 3.8) is 0 Å². The van der Waals surface area contributed by atoms with E-state index in [0.29, 0.717) is 48.7 Å². The van der Waals surface area contributed by atoms with Gasteiger partial charge < -0.3 is 25.6 Å². The lowest BCUT2D eigenvalue weighted by molar-refractivity contribution is -0.138. The van der Waals surface area contributed by atoms with Crippen molar-refractivity contribution in [2.24, 2.45) is 11.8 Å². The highest BCUT2D eigenvalue weighted by atomic mass is 19.4. The zero-order valence-corrected chi connectivity index (χ0v) is 24.5. The second-order valence-electron chi connectivity index (χ2n) is 11.3. The number of ketones is 1. The van der Waals surface area contributed by atoms with Gasteiger partial charge in [0.1, 0.15) is 5.75 Å². The van der Waals surface area contributed by atoms with Crippen molar-refractivity contribution < 1.29 is 27.5 Å². The number of hydrogen-bond donors (Lipinski definition) is 3. The van der Waals surface area contributed by atoms with Crippen LogP contribution < -0.4 is 20.7 Å². The first-order chi connectivity index (χ1) is 20.1. The molecule has 0 unspecified atom stereocenters. The van der Waals surface area contributed by atoms with E-state index < -0.39 is 11.7 Å². The molecule has 1 aromatic carbocycles. The van der Waals surface area contributed by atoms with Gasteiger partial charge in [0.15, 0.2) is 5.78 Å². The highest BCUT2D eigenvalue weighted by Gasteiger charge is 2.37. The van der Waals surface area contributed by atoms with Crippen LogP contribution in [0.5, 0.6) is 5.75 Å². The molecule has 12 heteroatoms. The van der Waals surface area contributed by atoms with Crippen LogP contribution in [-0.4, -0.2) is 66.5 Å². The molecule has 1 saturated heterocycles. The van der Waals surface area contributed by atoms with Crippen molar-refractivity contribution in [2.45, 2.75) is 70.5 Å². The van der Waals surface area contributed by atoms with E-state index in [0.717, 1.165) is 45.0 Å². The van der Waals surface area contributed by atoms with Gasteiger partial charge in [0, 0.05) is 30.8 Å². The van der Waals surface area contributed by atoms with E-state index in [9.17, 15) is 22.8 Å². The van der Waals surface area contributed by atoms with Gasteiger partial charge in [0.2, 0.25) is 5.95 Å². The number of piperidine rings is 1. The number of urea groups is 1. The van der Waals surface area contributed by atoms with Crippen LogP contribution in [0.1, 0.15) is 73.5 Å². The van der Waals surface area contributed by atoms with Crippen molar-refractivity contribution in [3.05, 3.63) is 41.2 Å². The molecule has 230 valence electrons. The fraction of sp³-hybridized carbons (Fsp3) is 0.600. The molecule has 2 heterocycles. The van der Waals surface area contributed by atoms with Crippen LogP contribution >= 0.6 is 0 Å². The largest absolute Gasteiger partial charge is 0.495 e. The molecule has 2 amide bonds. The third kappa shape index (κ3) is 8.33. The quantitative estimate of drug-likeness (QED) is 0.310. The van der Waals surface area contributed by atoms with Crippen LogP contribution in [0.4, 0.5) is 29.6 Å². The fourth-order valence-electron chi connectivity index (χ4n) is 5.87. The first-order valence-corrected chi connectivity index (χ1v) is 14.7. The van der Waals surface area contributed by atoms with Crippen molar-refractivity contribution in [2.75, 3.05) is 39.1 Å². The number of nitrogens with zero attached hydrogens (tertiary/aromatic N) is 3. The van der Waals surface area contributed by atoms with Crippen LogP contribution in [-0.2, 0) is 12.6 Å². The Morgan fingerprint density at radius 3 is 2.55 bits per heavy atom. The number of benzene rings is 1. The summed E-state index contributed by atoms with van der Waals surface area (Å²) in [6.45, 7) is 4.22. The maximum absolute atomic E-state index is 14.0. The van der Waals surface area contributed by atoms with Gasteiger partial charge in [-0.05, 0) is 89.2 Å². The van der Waals surface area contributed by atoms with Gasteiger partial charge in [0.25, 0.3) is 0 Å². The summed E-state index contributed by atoms with van der Waals surface area (Å²) in [5.74, 6) is 0.537. The Bertz CT molecular complexity index is 1230. The summed E-state index contributed by atoms with van der Waals surface area (Å²) >= 11 is 0. The van der Waals surface area contributed by atoms with Gasteiger partial charge in [-0.3, -0.25) is 4.79 Å². The van der Waals surface area contributed by atoms with Gasteiger partial charge in [0.05, 0.1) is 24.1 Å². The first kappa shape index (κ1) is 31.5. The van der Waals surface area contributed by atoms with E-state index in [-0.39, 0.29) is 41.8 Å². The van der Waals surface area contributed by atoms with Gasteiger partial charge >= 0.3 is 12.2 Å². The number of ether oxygens (including phenoxy) is 1. The van der Waals surface area contributed by atoms with Crippen LogP contribution in [0.2, 0.25) is 0 Å². The highest BCUT2D eigenvalue weighted by Crippen LogP contribution is 2.36. The molecule has 2 fully saturated rings. The number of nitrogens with one attached hydrogen (secondary N) is 3. The van der Waals surface area contributed by atoms with E-state index in [1.54, 1.807) is 25.1 Å². The maximum Gasteiger partial charge on any atom is 0.419 e. The summed E-state index contributed by atoms with van der Waals surface area (Å²) in [5.41, 5.74) is -0.0588. The predicted octanol–water partition coefficient (Wildman–Crippen LogP) is 5.58. The molecule has 42 heavy (non-hydrogen) atoms. The molecule has 1 aliphatic carbocycles. The smallest absolute Gasteiger partial charge is 0.419 e. The summed E-state index contributed by atoms with van der Waals surface area (Å²) in [6, 6.07) is 4.42. The normalized spacial score (nSPS) is 20.1. The van der Waals surface area contributed by atoms with Gasteiger partial charge in [-0.15, -0.1) is 0 Å². The molecular formula is C30H41F3N6O3. The predicted molar refractivity (Wildman–Crippen MR) is 154 cm³/mol. The van der Waals surface area contributed by atoms with Gasteiger partial charge in [-0.1, -0.05) is 12.8 Å². The Morgan fingerprint density at radius 1 is 1.12 bits per heavy atom. The number of carbonyl (C=O) groups is 2. The van der Waals surface area contributed by atoms with Crippen molar-refractivity contribution in [1.29, 1.82) is 0 Å². The zero-order valence-electron chi connectivity index (χ0n) is 24.5. The molecule has 0 bridgehead atoms. The minimum atomic E-state index is -4.63. The number of amides is 2. The van der Waals surface area contributed by atoms with E-state index in [2.05, 4.69) is 37.9 Å². The number of alkyl halides is 3. The van der Waals surface area contributed by atoms with Crippen LogP contribution in [0.3, 0.4) is 0 Å². The molecule has 2 atom stereocenters. The average Bonchev–Trinajstić information content (AvgIpc) is 2.95. The number of methoxy groups -OCH3 is 1. The second-order valence-corrected chi connectivity index (χ2v) is 11.3.